The van der Waals surface area contributed by atoms with Gasteiger partial charge in [-0.1, -0.05) is 12.1 Å². The molecule has 2 unspecified atom stereocenters. The highest BCUT2D eigenvalue weighted by molar-refractivity contribution is 6.04. The highest BCUT2D eigenvalue weighted by atomic mass is 19.1. The van der Waals surface area contributed by atoms with Crippen LogP contribution in [0.5, 0.6) is 5.75 Å². The summed E-state index contributed by atoms with van der Waals surface area (Å²) in [6.07, 6.45) is 0.721. The number of aliphatic hydroxyl groups excluding tert-OH is 1. The van der Waals surface area contributed by atoms with Crippen LogP contribution in [0.2, 0.25) is 0 Å². The zero-order valence-corrected chi connectivity index (χ0v) is 23.1. The number of hydrogen-bond donors (Lipinski definition) is 2. The molecule has 3 N–H and O–H groups in total. The lowest BCUT2D eigenvalue weighted by molar-refractivity contribution is -0.126. The molecule has 2 aromatic carbocycles. The minimum absolute atomic E-state index is 0.0554. The molecule has 214 valence electrons. The van der Waals surface area contributed by atoms with Crippen LogP contribution in [-0.4, -0.2) is 76.8 Å². The molecule has 2 saturated heterocycles. The van der Waals surface area contributed by atoms with Crippen molar-refractivity contribution in [3.8, 4) is 22.9 Å². The maximum absolute atomic E-state index is 15.2. The normalized spacial score (nSPS) is 22.2. The number of benzene rings is 2. The van der Waals surface area contributed by atoms with Gasteiger partial charge in [-0.25, -0.2) is 8.78 Å². The van der Waals surface area contributed by atoms with Crippen LogP contribution in [0.4, 0.5) is 8.78 Å². The first-order chi connectivity index (χ1) is 18.8. The number of carbonyl (C=O) groups excluding carboxylic acids is 2. The third-order valence-electron chi connectivity index (χ3n) is 7.82. The van der Waals surface area contributed by atoms with E-state index in [9.17, 15) is 24.3 Å². The zero-order valence-electron chi connectivity index (χ0n) is 23.1. The standard InChI is InChI=1S/C30H36F2N4O4/c1-29(2,32)18-35-11-9-19(10-12-35)17-40-22-7-8-23(20(13-22)15-33)24-5-4-6-25(31)26(24)27(38)36-16-21(37)14-30(36,3)28(34)39/h4-8,13,19,21,37H,9-12,14,16-18H2,1-3H3,(H2,34,39). The van der Waals surface area contributed by atoms with E-state index in [-0.39, 0.29) is 29.7 Å². The van der Waals surface area contributed by atoms with Crippen LogP contribution in [-0.2, 0) is 4.79 Å². The largest absolute Gasteiger partial charge is 0.493 e. The van der Waals surface area contributed by atoms with E-state index in [0.29, 0.717) is 30.4 Å². The Hall–Kier alpha value is -3.55. The van der Waals surface area contributed by atoms with E-state index in [1.807, 2.05) is 0 Å². The van der Waals surface area contributed by atoms with Crippen LogP contribution in [0.15, 0.2) is 36.4 Å². The van der Waals surface area contributed by atoms with Crippen molar-refractivity contribution in [2.45, 2.75) is 57.3 Å². The molecule has 2 amide bonds. The van der Waals surface area contributed by atoms with Crippen LogP contribution in [0.1, 0.15) is 56.0 Å². The topological polar surface area (TPSA) is 120 Å². The quantitative estimate of drug-likeness (QED) is 0.514. The minimum Gasteiger partial charge on any atom is -0.493 e. The molecule has 2 heterocycles. The zero-order chi connectivity index (χ0) is 29.2. The fourth-order valence-corrected chi connectivity index (χ4v) is 5.68. The SMILES string of the molecule is CC(C)(F)CN1CCC(COc2ccc(-c3cccc(F)c3C(=O)N3CC(O)CC3(C)C(N)=O)c(C#N)c2)CC1. The summed E-state index contributed by atoms with van der Waals surface area (Å²) in [7, 11) is 0. The second kappa shape index (κ2) is 11.5. The lowest BCUT2D eigenvalue weighted by atomic mass is 9.92. The number of likely N-dealkylation sites (tertiary alicyclic amines) is 2. The van der Waals surface area contributed by atoms with E-state index < -0.39 is 34.9 Å². The summed E-state index contributed by atoms with van der Waals surface area (Å²) in [5.74, 6) is -1.64. The van der Waals surface area contributed by atoms with Gasteiger partial charge in [-0.05, 0) is 82.4 Å². The van der Waals surface area contributed by atoms with Gasteiger partial charge in [0.2, 0.25) is 5.91 Å². The highest BCUT2D eigenvalue weighted by Gasteiger charge is 2.49. The van der Waals surface area contributed by atoms with Gasteiger partial charge in [-0.2, -0.15) is 5.26 Å². The number of β-amino-alcohol motifs (C(OH)–C–C–N with tert-alkyl or cyclic N) is 1. The van der Waals surface area contributed by atoms with Gasteiger partial charge in [-0.15, -0.1) is 0 Å². The Morgan fingerprint density at radius 2 is 1.93 bits per heavy atom. The Kier molecular flexibility index (Phi) is 8.47. The molecule has 2 fully saturated rings. The Morgan fingerprint density at radius 1 is 1.23 bits per heavy atom. The van der Waals surface area contributed by atoms with Crippen LogP contribution in [0, 0.1) is 23.1 Å². The van der Waals surface area contributed by atoms with E-state index in [1.165, 1.54) is 19.1 Å². The van der Waals surface area contributed by atoms with Crippen LogP contribution >= 0.6 is 0 Å². The van der Waals surface area contributed by atoms with Crippen molar-refractivity contribution in [1.29, 1.82) is 5.26 Å². The predicted molar refractivity (Wildman–Crippen MR) is 146 cm³/mol. The second-order valence-electron chi connectivity index (χ2n) is 11.6. The molecule has 2 aliphatic heterocycles. The Balaban J connectivity index is 1.53. The average Bonchev–Trinajstić information content (AvgIpc) is 3.22. The summed E-state index contributed by atoms with van der Waals surface area (Å²) in [5, 5.41) is 20.1. The molecule has 0 bridgehead atoms. The van der Waals surface area contributed by atoms with Crippen LogP contribution < -0.4 is 10.5 Å². The predicted octanol–water partition coefficient (Wildman–Crippen LogP) is 3.65. The number of halogens is 2. The number of nitriles is 1. The van der Waals surface area contributed by atoms with E-state index in [2.05, 4.69) is 11.0 Å². The molecule has 0 aromatic heterocycles. The van der Waals surface area contributed by atoms with Crippen LogP contribution in [0.25, 0.3) is 11.1 Å². The van der Waals surface area contributed by atoms with Gasteiger partial charge in [0.1, 0.15) is 22.8 Å². The van der Waals surface area contributed by atoms with Gasteiger partial charge in [0, 0.05) is 25.1 Å². The molecule has 40 heavy (non-hydrogen) atoms. The summed E-state index contributed by atoms with van der Waals surface area (Å²) in [4.78, 5) is 29.0. The molecule has 2 atom stereocenters. The first kappa shape index (κ1) is 29.4. The smallest absolute Gasteiger partial charge is 0.258 e. The third-order valence-corrected chi connectivity index (χ3v) is 7.82. The summed E-state index contributed by atoms with van der Waals surface area (Å²) in [6, 6.07) is 11.1. The molecule has 2 aliphatic rings. The molecular formula is C30H36F2N4O4. The van der Waals surface area contributed by atoms with Crippen molar-refractivity contribution in [3.05, 3.63) is 53.3 Å². The van der Waals surface area contributed by atoms with Gasteiger partial charge in [0.25, 0.3) is 5.91 Å². The number of rotatable bonds is 8. The van der Waals surface area contributed by atoms with Gasteiger partial charge in [0.05, 0.1) is 29.9 Å². The van der Waals surface area contributed by atoms with Crippen molar-refractivity contribution in [2.75, 3.05) is 32.8 Å². The lowest BCUT2D eigenvalue weighted by Crippen LogP contribution is -2.54. The van der Waals surface area contributed by atoms with Crippen molar-refractivity contribution in [3.63, 3.8) is 0 Å². The summed E-state index contributed by atoms with van der Waals surface area (Å²) < 4.78 is 35.1. The van der Waals surface area contributed by atoms with E-state index in [0.717, 1.165) is 36.9 Å². The van der Waals surface area contributed by atoms with E-state index in [4.69, 9.17) is 10.5 Å². The molecule has 0 aliphatic carbocycles. The van der Waals surface area contributed by atoms with Crippen LogP contribution in [0.3, 0.4) is 0 Å². The number of amides is 2. The number of carbonyl (C=O) groups is 2. The van der Waals surface area contributed by atoms with Crippen molar-refractivity contribution < 1.29 is 28.2 Å². The molecule has 10 heteroatoms. The number of nitrogens with zero attached hydrogens (tertiary/aromatic N) is 3. The van der Waals surface area contributed by atoms with Gasteiger partial charge < -0.3 is 25.4 Å². The van der Waals surface area contributed by atoms with Gasteiger partial charge in [-0.3, -0.25) is 9.59 Å². The molecule has 0 saturated carbocycles. The lowest BCUT2D eigenvalue weighted by Gasteiger charge is -2.34. The minimum atomic E-state index is -1.48. The maximum Gasteiger partial charge on any atom is 0.258 e. The highest BCUT2D eigenvalue weighted by Crippen LogP contribution is 2.36. The van der Waals surface area contributed by atoms with Gasteiger partial charge >= 0.3 is 0 Å². The average molecular weight is 555 g/mol. The first-order valence-corrected chi connectivity index (χ1v) is 13.5. The molecule has 8 nitrogen and oxygen atoms in total. The Labute approximate surface area is 233 Å². The number of hydrogen-bond acceptors (Lipinski definition) is 6. The van der Waals surface area contributed by atoms with Crippen molar-refractivity contribution in [2.24, 2.45) is 11.7 Å². The van der Waals surface area contributed by atoms with E-state index >= 15 is 4.39 Å². The van der Waals surface area contributed by atoms with E-state index in [1.54, 1.807) is 32.0 Å². The fraction of sp³-hybridized carbons (Fsp3) is 0.500. The molecule has 0 radical (unpaired) electrons. The number of nitrogens with two attached hydrogens (primary N) is 1. The molecular weight excluding hydrogens is 518 g/mol. The molecule has 0 spiro atoms. The fourth-order valence-electron chi connectivity index (χ4n) is 5.68. The summed E-state index contributed by atoms with van der Waals surface area (Å²) in [6.45, 7) is 6.87. The second-order valence-corrected chi connectivity index (χ2v) is 11.6. The monoisotopic (exact) mass is 554 g/mol. The molecule has 4 rings (SSSR count). The number of ether oxygens (including phenoxy) is 1. The van der Waals surface area contributed by atoms with Crippen molar-refractivity contribution in [1.82, 2.24) is 9.80 Å². The number of alkyl halides is 1. The molecule has 2 aromatic rings. The number of aliphatic hydroxyl groups is 1. The van der Waals surface area contributed by atoms with Gasteiger partial charge in [0.15, 0.2) is 0 Å². The Bertz CT molecular complexity index is 1310. The number of piperidine rings is 1. The number of primary amides is 1. The first-order valence-electron chi connectivity index (χ1n) is 13.5. The Morgan fingerprint density at radius 3 is 2.55 bits per heavy atom. The third kappa shape index (κ3) is 6.26. The summed E-state index contributed by atoms with van der Waals surface area (Å²) in [5.41, 5.74) is 3.24. The van der Waals surface area contributed by atoms with Crippen molar-refractivity contribution >= 4 is 11.8 Å². The summed E-state index contributed by atoms with van der Waals surface area (Å²) >= 11 is 0. The maximum atomic E-state index is 15.2.